The van der Waals surface area contributed by atoms with Crippen LogP contribution in [0.2, 0.25) is 0 Å². The second-order valence-corrected chi connectivity index (χ2v) is 5.05. The molecule has 0 saturated carbocycles. The van der Waals surface area contributed by atoms with Crippen molar-refractivity contribution in [1.29, 1.82) is 0 Å². The molecule has 0 heterocycles. The van der Waals surface area contributed by atoms with E-state index in [0.717, 1.165) is 10.4 Å². The molecular weight excluding hydrogens is 247 g/mol. The molecule has 0 aromatic carbocycles. The molecule has 0 nitrogen and oxygen atoms in total. The quantitative estimate of drug-likeness (QED) is 0.403. The second kappa shape index (κ2) is 4.18. The lowest BCUT2D eigenvalue weighted by atomic mass is 9.98. The molecule has 0 saturated heterocycles. The number of hydrogen-bond donors (Lipinski definition) is 0. The summed E-state index contributed by atoms with van der Waals surface area (Å²) in [6, 6.07) is 0. The maximum absolute atomic E-state index is 6.27. The van der Waals surface area contributed by atoms with Crippen LogP contribution in [0.5, 0.6) is 0 Å². The molecule has 0 aromatic heterocycles. The molecule has 2 aliphatic carbocycles. The van der Waals surface area contributed by atoms with E-state index >= 15 is 0 Å². The molecule has 0 amide bonds. The Morgan fingerprint density at radius 2 is 2.08 bits per heavy atom. The molecule has 0 unspecified atom stereocenters. The second-order valence-electron chi connectivity index (χ2n) is 3.85. The van der Waals surface area contributed by atoms with E-state index in [0.29, 0.717) is 11.8 Å². The third kappa shape index (κ3) is 1.87. The predicted octanol–water partition coefficient (Wildman–Crippen LogP) is 4.25. The highest BCUT2D eigenvalue weighted by Crippen LogP contribution is 2.47. The van der Waals surface area contributed by atoms with Crippen LogP contribution >= 0.6 is 27.5 Å². The van der Waals surface area contributed by atoms with Crippen LogP contribution in [-0.2, 0) is 0 Å². The summed E-state index contributed by atoms with van der Waals surface area (Å²) in [5, 5.41) is 2.27. The Labute approximate surface area is 93.2 Å². The molecule has 0 aromatic rings. The van der Waals surface area contributed by atoms with Crippen molar-refractivity contribution in [3.05, 3.63) is 22.8 Å². The lowest BCUT2D eigenvalue weighted by Crippen LogP contribution is -1.95. The van der Waals surface area contributed by atoms with Gasteiger partial charge in [0.1, 0.15) is 0 Å². The summed E-state index contributed by atoms with van der Waals surface area (Å²) in [6.45, 7) is 0. The Hall–Kier alpha value is 0.250. The first-order valence-electron chi connectivity index (χ1n) is 4.95. The molecule has 2 aliphatic rings. The van der Waals surface area contributed by atoms with Gasteiger partial charge in [-0.3, -0.25) is 0 Å². The average molecular weight is 262 g/mol. The van der Waals surface area contributed by atoms with E-state index in [1.165, 1.54) is 31.3 Å². The Morgan fingerprint density at radius 1 is 1.31 bits per heavy atom. The van der Waals surface area contributed by atoms with E-state index in [4.69, 9.17) is 11.6 Å². The number of allylic oxidation sites excluding steroid dienone is 4. The number of hydrogen-bond acceptors (Lipinski definition) is 0. The molecule has 0 radical (unpaired) electrons. The van der Waals surface area contributed by atoms with Crippen molar-refractivity contribution < 1.29 is 0 Å². The summed E-state index contributed by atoms with van der Waals surface area (Å²) < 4.78 is 0. The zero-order valence-corrected chi connectivity index (χ0v) is 9.94. The zero-order chi connectivity index (χ0) is 9.26. The van der Waals surface area contributed by atoms with Gasteiger partial charge in [0.25, 0.3) is 0 Å². The predicted molar refractivity (Wildman–Crippen MR) is 61.3 cm³/mol. The van der Waals surface area contributed by atoms with Gasteiger partial charge in [-0.2, -0.15) is 0 Å². The molecule has 0 N–H and O–H groups in total. The molecule has 2 heteroatoms. The lowest BCUT2D eigenvalue weighted by Gasteiger charge is -2.11. The Balaban J connectivity index is 1.92. The van der Waals surface area contributed by atoms with E-state index in [2.05, 4.69) is 28.1 Å². The molecule has 0 spiro atoms. The van der Waals surface area contributed by atoms with Crippen molar-refractivity contribution in [2.24, 2.45) is 11.8 Å². The van der Waals surface area contributed by atoms with E-state index in [1.807, 2.05) is 0 Å². The number of alkyl halides is 1. The Bertz CT molecular complexity index is 255. The number of halogens is 2. The summed E-state index contributed by atoms with van der Waals surface area (Å²) in [5.41, 5.74) is 1.52. The van der Waals surface area contributed by atoms with Crippen LogP contribution in [-0.4, -0.2) is 5.33 Å². The van der Waals surface area contributed by atoms with Crippen molar-refractivity contribution in [1.82, 2.24) is 0 Å². The summed E-state index contributed by atoms with van der Waals surface area (Å²) >= 11 is 9.72. The van der Waals surface area contributed by atoms with Gasteiger partial charge in [-0.25, -0.2) is 0 Å². The standard InChI is InChI=1S/C11H14BrCl/c12-6-2-1-3-10-8-4-5-9(7-8)11(10)13/h4-5,8-9H,1-3,6-7H2/t8-,9+/m1/s1. The third-order valence-corrected chi connectivity index (χ3v) is 4.08. The fourth-order valence-electron chi connectivity index (χ4n) is 2.28. The first-order valence-corrected chi connectivity index (χ1v) is 6.45. The number of rotatable bonds is 4. The topological polar surface area (TPSA) is 0 Å². The van der Waals surface area contributed by atoms with Gasteiger partial charge in [-0.15, -0.1) is 0 Å². The molecule has 0 fully saturated rings. The summed E-state index contributed by atoms with van der Waals surface area (Å²) in [6.07, 6.45) is 9.59. The number of unbranched alkanes of at least 4 members (excludes halogenated alkanes) is 1. The van der Waals surface area contributed by atoms with Gasteiger partial charge in [-0.05, 0) is 31.3 Å². The van der Waals surface area contributed by atoms with Crippen molar-refractivity contribution >= 4 is 27.5 Å². The minimum absolute atomic E-state index is 0.575. The van der Waals surface area contributed by atoms with Gasteiger partial charge in [-0.1, -0.05) is 39.7 Å². The van der Waals surface area contributed by atoms with E-state index in [-0.39, 0.29) is 0 Å². The summed E-state index contributed by atoms with van der Waals surface area (Å²) in [7, 11) is 0. The van der Waals surface area contributed by atoms with Crippen LogP contribution in [0.3, 0.4) is 0 Å². The molecule has 0 aliphatic heterocycles. The first-order chi connectivity index (χ1) is 6.33. The first kappa shape index (κ1) is 9.79. The number of fused-ring (bicyclic) bond motifs is 2. The third-order valence-electron chi connectivity index (χ3n) is 2.99. The maximum Gasteiger partial charge on any atom is 0.0247 e. The van der Waals surface area contributed by atoms with E-state index < -0.39 is 0 Å². The largest absolute Gasteiger partial charge is 0.0928 e. The highest BCUT2D eigenvalue weighted by molar-refractivity contribution is 9.09. The lowest BCUT2D eigenvalue weighted by molar-refractivity contribution is 0.674. The zero-order valence-electron chi connectivity index (χ0n) is 7.60. The average Bonchev–Trinajstić information content (AvgIpc) is 2.69. The molecule has 13 heavy (non-hydrogen) atoms. The van der Waals surface area contributed by atoms with Gasteiger partial charge in [0, 0.05) is 22.2 Å². The molecular formula is C11H14BrCl. The normalized spacial score (nSPS) is 30.6. The summed E-state index contributed by atoms with van der Waals surface area (Å²) in [4.78, 5) is 0. The molecule has 2 bridgehead atoms. The SMILES string of the molecule is ClC1=C(CCCCBr)[C@@H]2C=C[C@H]1C2. The van der Waals surface area contributed by atoms with Crippen molar-refractivity contribution in [2.45, 2.75) is 25.7 Å². The van der Waals surface area contributed by atoms with Gasteiger partial charge in [0.2, 0.25) is 0 Å². The van der Waals surface area contributed by atoms with Gasteiger partial charge >= 0.3 is 0 Å². The highest BCUT2D eigenvalue weighted by atomic mass is 79.9. The monoisotopic (exact) mass is 260 g/mol. The van der Waals surface area contributed by atoms with Crippen molar-refractivity contribution in [3.63, 3.8) is 0 Å². The Kier molecular flexibility index (Phi) is 3.15. The van der Waals surface area contributed by atoms with Gasteiger partial charge in [0.15, 0.2) is 0 Å². The molecule has 72 valence electrons. The van der Waals surface area contributed by atoms with Crippen LogP contribution in [0.4, 0.5) is 0 Å². The van der Waals surface area contributed by atoms with Crippen LogP contribution in [0.15, 0.2) is 22.8 Å². The van der Waals surface area contributed by atoms with Gasteiger partial charge in [0.05, 0.1) is 0 Å². The van der Waals surface area contributed by atoms with E-state index in [9.17, 15) is 0 Å². The van der Waals surface area contributed by atoms with Crippen LogP contribution in [0, 0.1) is 11.8 Å². The minimum atomic E-state index is 0.575. The van der Waals surface area contributed by atoms with E-state index in [1.54, 1.807) is 0 Å². The fraction of sp³-hybridized carbons (Fsp3) is 0.636. The summed E-state index contributed by atoms with van der Waals surface area (Å²) in [5.74, 6) is 1.26. The highest BCUT2D eigenvalue weighted by Gasteiger charge is 2.33. The Morgan fingerprint density at radius 3 is 2.69 bits per heavy atom. The fourth-order valence-corrected chi connectivity index (χ4v) is 3.07. The molecule has 2 rings (SSSR count). The van der Waals surface area contributed by atoms with Crippen LogP contribution in [0.1, 0.15) is 25.7 Å². The van der Waals surface area contributed by atoms with Crippen LogP contribution < -0.4 is 0 Å². The van der Waals surface area contributed by atoms with Crippen LogP contribution in [0.25, 0.3) is 0 Å². The van der Waals surface area contributed by atoms with Crippen molar-refractivity contribution in [3.8, 4) is 0 Å². The minimum Gasteiger partial charge on any atom is -0.0928 e. The maximum atomic E-state index is 6.27. The molecule has 2 atom stereocenters. The smallest absolute Gasteiger partial charge is 0.0247 e. The van der Waals surface area contributed by atoms with Crippen molar-refractivity contribution in [2.75, 3.05) is 5.33 Å². The van der Waals surface area contributed by atoms with Gasteiger partial charge < -0.3 is 0 Å².